The summed E-state index contributed by atoms with van der Waals surface area (Å²) in [4.78, 5) is 11.7. The maximum absolute atomic E-state index is 5.75. The molecule has 0 aliphatic carbocycles. The van der Waals surface area contributed by atoms with Gasteiger partial charge in [-0.25, -0.2) is 9.97 Å². The molecular weight excluding hydrogens is 200 g/mol. The average Bonchev–Trinajstić information content (AvgIpc) is 2.19. The molecule has 1 aromatic heterocycles. The van der Waals surface area contributed by atoms with Crippen LogP contribution < -0.4 is 5.73 Å². The number of aromatic nitrogens is 3. The van der Waals surface area contributed by atoms with Gasteiger partial charge in [-0.1, -0.05) is 11.6 Å². The molecule has 0 fully saturated rings. The van der Waals surface area contributed by atoms with Crippen molar-refractivity contribution < 1.29 is 0 Å². The van der Waals surface area contributed by atoms with Crippen molar-refractivity contribution in [2.24, 2.45) is 0 Å². The van der Waals surface area contributed by atoms with Crippen molar-refractivity contribution in [2.75, 3.05) is 5.73 Å². The van der Waals surface area contributed by atoms with E-state index >= 15 is 0 Å². The zero-order valence-corrected chi connectivity index (χ0v) is 7.94. The van der Waals surface area contributed by atoms with E-state index in [0.717, 1.165) is 5.56 Å². The highest BCUT2D eigenvalue weighted by Gasteiger charge is 2.00. The molecule has 0 atom stereocenters. The minimum atomic E-state index is 0.213. The summed E-state index contributed by atoms with van der Waals surface area (Å²) in [7, 11) is 0. The summed E-state index contributed by atoms with van der Waals surface area (Å²) in [5, 5.41) is 0.677. The van der Waals surface area contributed by atoms with Crippen molar-refractivity contribution in [3.05, 3.63) is 35.6 Å². The van der Waals surface area contributed by atoms with E-state index in [2.05, 4.69) is 15.0 Å². The van der Waals surface area contributed by atoms with E-state index < -0.39 is 0 Å². The number of halogens is 1. The van der Waals surface area contributed by atoms with Gasteiger partial charge in [0.15, 0.2) is 5.82 Å². The molecule has 1 heterocycles. The zero-order valence-electron chi connectivity index (χ0n) is 7.18. The Morgan fingerprint density at radius 1 is 1.07 bits per heavy atom. The Hall–Kier alpha value is -1.68. The van der Waals surface area contributed by atoms with Crippen LogP contribution in [-0.4, -0.2) is 15.0 Å². The zero-order chi connectivity index (χ0) is 9.97. The van der Waals surface area contributed by atoms with Crippen molar-refractivity contribution in [1.29, 1.82) is 0 Å². The Morgan fingerprint density at radius 2 is 1.79 bits per heavy atom. The van der Waals surface area contributed by atoms with Crippen LogP contribution >= 0.6 is 11.6 Å². The van der Waals surface area contributed by atoms with Gasteiger partial charge in [0.1, 0.15) is 6.33 Å². The van der Waals surface area contributed by atoms with E-state index in [4.69, 9.17) is 17.3 Å². The van der Waals surface area contributed by atoms with Crippen LogP contribution in [0.15, 0.2) is 30.6 Å². The largest absolute Gasteiger partial charge is 0.368 e. The lowest BCUT2D eigenvalue weighted by molar-refractivity contribution is 1.07. The van der Waals surface area contributed by atoms with Crippen molar-refractivity contribution >= 4 is 17.5 Å². The third-order valence-corrected chi connectivity index (χ3v) is 1.94. The monoisotopic (exact) mass is 206 g/mol. The van der Waals surface area contributed by atoms with Crippen molar-refractivity contribution in [3.63, 3.8) is 0 Å². The van der Waals surface area contributed by atoms with Gasteiger partial charge in [-0.3, -0.25) is 0 Å². The second-order valence-corrected chi connectivity index (χ2v) is 3.11. The summed E-state index contributed by atoms with van der Waals surface area (Å²) in [6.07, 6.45) is 1.38. The first-order chi connectivity index (χ1) is 6.75. The van der Waals surface area contributed by atoms with Gasteiger partial charge >= 0.3 is 0 Å². The van der Waals surface area contributed by atoms with Gasteiger partial charge in [-0.15, -0.1) is 0 Å². The Bertz CT molecular complexity index is 441. The number of anilines is 1. The summed E-state index contributed by atoms with van der Waals surface area (Å²) in [6, 6.07) is 7.21. The highest BCUT2D eigenvalue weighted by atomic mass is 35.5. The van der Waals surface area contributed by atoms with Crippen LogP contribution in [-0.2, 0) is 0 Å². The Morgan fingerprint density at radius 3 is 2.43 bits per heavy atom. The minimum absolute atomic E-state index is 0.213. The smallest absolute Gasteiger partial charge is 0.223 e. The van der Waals surface area contributed by atoms with Gasteiger partial charge in [0.2, 0.25) is 5.95 Å². The SMILES string of the molecule is Nc1ncnc(-c2ccc(Cl)cc2)n1. The molecule has 0 amide bonds. The van der Waals surface area contributed by atoms with E-state index in [1.807, 2.05) is 12.1 Å². The van der Waals surface area contributed by atoms with Crippen LogP contribution in [0.4, 0.5) is 5.95 Å². The lowest BCUT2D eigenvalue weighted by atomic mass is 10.2. The molecule has 14 heavy (non-hydrogen) atoms. The Kier molecular flexibility index (Phi) is 2.28. The number of hydrogen-bond donors (Lipinski definition) is 1. The van der Waals surface area contributed by atoms with Crippen molar-refractivity contribution in [1.82, 2.24) is 15.0 Å². The second-order valence-electron chi connectivity index (χ2n) is 2.67. The second kappa shape index (κ2) is 3.59. The maximum Gasteiger partial charge on any atom is 0.223 e. The van der Waals surface area contributed by atoms with Crippen molar-refractivity contribution in [2.45, 2.75) is 0 Å². The lowest BCUT2D eigenvalue weighted by Crippen LogP contribution is -1.97. The molecule has 5 heteroatoms. The van der Waals surface area contributed by atoms with Crippen LogP contribution in [0.25, 0.3) is 11.4 Å². The average molecular weight is 207 g/mol. The molecular formula is C9H7ClN4. The fraction of sp³-hybridized carbons (Fsp3) is 0. The number of nitrogens with two attached hydrogens (primary N) is 1. The normalized spacial score (nSPS) is 10.1. The van der Waals surface area contributed by atoms with Crippen LogP contribution in [0.2, 0.25) is 5.02 Å². The summed E-state index contributed by atoms with van der Waals surface area (Å²) in [6.45, 7) is 0. The fourth-order valence-electron chi connectivity index (χ4n) is 1.05. The van der Waals surface area contributed by atoms with Gasteiger partial charge in [0.25, 0.3) is 0 Å². The van der Waals surface area contributed by atoms with Crippen molar-refractivity contribution in [3.8, 4) is 11.4 Å². The van der Waals surface area contributed by atoms with Crippen LogP contribution in [0.5, 0.6) is 0 Å². The van der Waals surface area contributed by atoms with E-state index in [9.17, 15) is 0 Å². The first-order valence-electron chi connectivity index (χ1n) is 3.96. The van der Waals surface area contributed by atoms with Gasteiger partial charge in [0.05, 0.1) is 0 Å². The molecule has 2 N–H and O–H groups in total. The molecule has 0 aliphatic heterocycles. The maximum atomic E-state index is 5.75. The predicted molar refractivity (Wildman–Crippen MR) is 54.7 cm³/mol. The topological polar surface area (TPSA) is 64.7 Å². The fourth-order valence-corrected chi connectivity index (χ4v) is 1.17. The lowest BCUT2D eigenvalue weighted by Gasteiger charge is -1.99. The van der Waals surface area contributed by atoms with Gasteiger partial charge in [-0.05, 0) is 24.3 Å². The third-order valence-electron chi connectivity index (χ3n) is 1.69. The van der Waals surface area contributed by atoms with Gasteiger partial charge in [0, 0.05) is 10.6 Å². The molecule has 0 aliphatic rings. The standard InChI is InChI=1S/C9H7ClN4/c10-7-3-1-6(2-4-7)8-12-5-13-9(11)14-8/h1-5H,(H2,11,12,13,14). The summed E-state index contributed by atoms with van der Waals surface area (Å²) >= 11 is 5.75. The first-order valence-corrected chi connectivity index (χ1v) is 4.34. The van der Waals surface area contributed by atoms with E-state index in [1.54, 1.807) is 12.1 Å². The van der Waals surface area contributed by atoms with Crippen LogP contribution in [0.3, 0.4) is 0 Å². The highest BCUT2D eigenvalue weighted by molar-refractivity contribution is 6.30. The van der Waals surface area contributed by atoms with Crippen LogP contribution in [0.1, 0.15) is 0 Å². The van der Waals surface area contributed by atoms with E-state index in [1.165, 1.54) is 6.33 Å². The molecule has 0 saturated carbocycles. The minimum Gasteiger partial charge on any atom is -0.368 e. The molecule has 2 aromatic rings. The predicted octanol–water partition coefficient (Wildman–Crippen LogP) is 1.77. The van der Waals surface area contributed by atoms with Crippen LogP contribution in [0, 0.1) is 0 Å². The number of rotatable bonds is 1. The molecule has 0 saturated heterocycles. The molecule has 0 unspecified atom stereocenters. The number of nitrogens with zero attached hydrogens (tertiary/aromatic N) is 3. The Balaban J connectivity index is 2.44. The van der Waals surface area contributed by atoms with E-state index in [0.29, 0.717) is 10.8 Å². The first kappa shape index (κ1) is 8.90. The molecule has 0 bridgehead atoms. The molecule has 4 nitrogen and oxygen atoms in total. The Labute approximate surface area is 85.8 Å². The summed E-state index contributed by atoms with van der Waals surface area (Å²) in [5.41, 5.74) is 6.30. The van der Waals surface area contributed by atoms with E-state index in [-0.39, 0.29) is 5.95 Å². The number of benzene rings is 1. The quantitative estimate of drug-likeness (QED) is 0.773. The highest BCUT2D eigenvalue weighted by Crippen LogP contribution is 2.17. The molecule has 70 valence electrons. The molecule has 0 radical (unpaired) electrons. The molecule has 2 rings (SSSR count). The number of hydrogen-bond acceptors (Lipinski definition) is 4. The third kappa shape index (κ3) is 1.80. The van der Waals surface area contributed by atoms with Gasteiger partial charge < -0.3 is 5.73 Å². The van der Waals surface area contributed by atoms with Gasteiger partial charge in [-0.2, -0.15) is 4.98 Å². The summed E-state index contributed by atoms with van der Waals surface area (Å²) < 4.78 is 0. The number of nitrogen functional groups attached to an aromatic ring is 1. The molecule has 0 spiro atoms. The summed E-state index contributed by atoms with van der Waals surface area (Å²) in [5.74, 6) is 0.763. The molecule has 1 aromatic carbocycles.